The van der Waals surface area contributed by atoms with Crippen molar-refractivity contribution >= 4 is 28.7 Å². The minimum atomic E-state index is -0.660. The standard InChI is InChI=1S/C21H20N4O5/c1-3-30-17-12-13(8-10-16(17)29-2)9-11-18(26)22-25-21(28)19-14-6-4-5-7-15(14)20(27)24-23-19/h4-12H,3H2,1-2H3,(H,22,26)(H,24,27)(H,25,28)/b11-9+. The summed E-state index contributed by atoms with van der Waals surface area (Å²) in [6.45, 7) is 2.34. The monoisotopic (exact) mass is 408 g/mol. The van der Waals surface area contributed by atoms with E-state index in [1.807, 2.05) is 6.92 Å². The first-order valence-corrected chi connectivity index (χ1v) is 9.10. The minimum Gasteiger partial charge on any atom is -0.493 e. The van der Waals surface area contributed by atoms with Gasteiger partial charge in [-0.05, 0) is 36.8 Å². The Bertz CT molecular complexity index is 1170. The van der Waals surface area contributed by atoms with Crippen LogP contribution in [-0.2, 0) is 4.79 Å². The third kappa shape index (κ3) is 4.64. The maximum atomic E-state index is 12.4. The molecule has 0 atom stereocenters. The zero-order chi connectivity index (χ0) is 21.5. The summed E-state index contributed by atoms with van der Waals surface area (Å²) in [7, 11) is 1.55. The first kappa shape index (κ1) is 20.6. The molecule has 2 aromatic carbocycles. The van der Waals surface area contributed by atoms with Gasteiger partial charge in [-0.15, -0.1) is 0 Å². The first-order valence-electron chi connectivity index (χ1n) is 9.10. The fraction of sp³-hybridized carbons (Fsp3) is 0.143. The molecule has 3 aromatic rings. The molecule has 3 N–H and O–H groups in total. The molecule has 3 rings (SSSR count). The van der Waals surface area contributed by atoms with E-state index >= 15 is 0 Å². The zero-order valence-corrected chi connectivity index (χ0v) is 16.4. The molecular weight excluding hydrogens is 388 g/mol. The SMILES string of the molecule is CCOc1cc(/C=C/C(=O)NNC(=O)c2n[nH]c(=O)c3ccccc23)ccc1OC. The summed E-state index contributed by atoms with van der Waals surface area (Å²) in [5.74, 6) is -0.0589. The van der Waals surface area contributed by atoms with Gasteiger partial charge in [0.15, 0.2) is 17.2 Å². The molecule has 154 valence electrons. The number of nitrogens with one attached hydrogen (secondary N) is 3. The topological polar surface area (TPSA) is 122 Å². The van der Waals surface area contributed by atoms with Crippen molar-refractivity contribution in [1.82, 2.24) is 21.0 Å². The van der Waals surface area contributed by atoms with Crippen LogP contribution in [0.4, 0.5) is 0 Å². The molecule has 0 bridgehead atoms. The van der Waals surface area contributed by atoms with E-state index in [-0.39, 0.29) is 5.69 Å². The number of hydrogen-bond donors (Lipinski definition) is 3. The molecular formula is C21H20N4O5. The average molecular weight is 408 g/mol. The lowest BCUT2D eigenvalue weighted by molar-refractivity contribution is -0.117. The summed E-state index contributed by atoms with van der Waals surface area (Å²) in [4.78, 5) is 36.2. The van der Waals surface area contributed by atoms with E-state index in [1.165, 1.54) is 6.08 Å². The summed E-state index contributed by atoms with van der Waals surface area (Å²) >= 11 is 0. The molecule has 0 radical (unpaired) electrons. The Morgan fingerprint density at radius 2 is 1.87 bits per heavy atom. The molecule has 0 aliphatic heterocycles. The number of hydrazine groups is 1. The van der Waals surface area contributed by atoms with E-state index < -0.39 is 17.4 Å². The van der Waals surface area contributed by atoms with E-state index in [9.17, 15) is 14.4 Å². The predicted octanol–water partition coefficient (Wildman–Crippen LogP) is 1.80. The van der Waals surface area contributed by atoms with Gasteiger partial charge in [0.1, 0.15) is 0 Å². The highest BCUT2D eigenvalue weighted by Crippen LogP contribution is 2.28. The Balaban J connectivity index is 1.66. The van der Waals surface area contributed by atoms with Crippen LogP contribution in [0.2, 0.25) is 0 Å². The molecule has 30 heavy (non-hydrogen) atoms. The smallest absolute Gasteiger partial charge is 0.290 e. The van der Waals surface area contributed by atoms with Gasteiger partial charge in [-0.3, -0.25) is 25.2 Å². The maximum Gasteiger partial charge on any atom is 0.290 e. The van der Waals surface area contributed by atoms with Crippen LogP contribution in [0.1, 0.15) is 23.0 Å². The van der Waals surface area contributed by atoms with E-state index in [0.29, 0.717) is 34.4 Å². The van der Waals surface area contributed by atoms with Crippen LogP contribution in [0.25, 0.3) is 16.8 Å². The molecule has 0 spiro atoms. The number of ether oxygens (including phenoxy) is 2. The number of aromatic amines is 1. The number of benzene rings is 2. The van der Waals surface area contributed by atoms with Crippen molar-refractivity contribution in [2.75, 3.05) is 13.7 Å². The number of aromatic nitrogens is 2. The van der Waals surface area contributed by atoms with Crippen molar-refractivity contribution in [2.24, 2.45) is 0 Å². The highest BCUT2D eigenvalue weighted by Gasteiger charge is 2.14. The Hall–Kier alpha value is -4.14. The molecule has 0 saturated heterocycles. The number of rotatable bonds is 6. The van der Waals surface area contributed by atoms with Gasteiger partial charge in [0.25, 0.3) is 17.4 Å². The van der Waals surface area contributed by atoms with Crippen LogP contribution in [-0.4, -0.2) is 35.7 Å². The van der Waals surface area contributed by atoms with Crippen LogP contribution in [0.3, 0.4) is 0 Å². The quantitative estimate of drug-likeness (QED) is 0.422. The second-order valence-corrected chi connectivity index (χ2v) is 6.07. The molecule has 0 unspecified atom stereocenters. The lowest BCUT2D eigenvalue weighted by atomic mass is 10.1. The highest BCUT2D eigenvalue weighted by atomic mass is 16.5. The average Bonchev–Trinajstić information content (AvgIpc) is 2.77. The predicted molar refractivity (Wildman–Crippen MR) is 111 cm³/mol. The number of fused-ring (bicyclic) bond motifs is 1. The third-order valence-corrected chi connectivity index (χ3v) is 4.13. The summed E-state index contributed by atoms with van der Waals surface area (Å²) in [5, 5.41) is 6.75. The molecule has 0 fully saturated rings. The molecule has 1 aromatic heterocycles. The maximum absolute atomic E-state index is 12.4. The lowest BCUT2D eigenvalue weighted by Gasteiger charge is -2.09. The van der Waals surface area contributed by atoms with Crippen LogP contribution in [0.5, 0.6) is 11.5 Å². The second kappa shape index (κ2) is 9.37. The Morgan fingerprint density at radius 1 is 1.10 bits per heavy atom. The number of amides is 2. The fourth-order valence-electron chi connectivity index (χ4n) is 2.74. The number of methoxy groups -OCH3 is 1. The number of carbonyl (C=O) groups is 2. The Labute approximate surface area is 171 Å². The molecule has 2 amide bonds. The van der Waals surface area contributed by atoms with E-state index in [0.717, 1.165) is 0 Å². The summed E-state index contributed by atoms with van der Waals surface area (Å²) in [5.41, 5.74) is 4.86. The molecule has 0 saturated carbocycles. The van der Waals surface area contributed by atoms with E-state index in [2.05, 4.69) is 21.0 Å². The van der Waals surface area contributed by atoms with Gasteiger partial charge in [-0.25, -0.2) is 5.10 Å². The van der Waals surface area contributed by atoms with Gasteiger partial charge < -0.3 is 9.47 Å². The summed E-state index contributed by atoms with van der Waals surface area (Å²) < 4.78 is 10.7. The van der Waals surface area contributed by atoms with Crippen LogP contribution in [0, 0.1) is 0 Å². The van der Waals surface area contributed by atoms with Crippen molar-refractivity contribution in [3.8, 4) is 11.5 Å². The van der Waals surface area contributed by atoms with Gasteiger partial charge in [-0.1, -0.05) is 24.3 Å². The molecule has 9 nitrogen and oxygen atoms in total. The molecule has 0 aliphatic rings. The largest absolute Gasteiger partial charge is 0.493 e. The Morgan fingerprint density at radius 3 is 2.60 bits per heavy atom. The number of nitrogens with zero attached hydrogens (tertiary/aromatic N) is 1. The molecule has 1 heterocycles. The lowest BCUT2D eigenvalue weighted by Crippen LogP contribution is -2.41. The number of hydrogen-bond acceptors (Lipinski definition) is 6. The second-order valence-electron chi connectivity index (χ2n) is 6.07. The minimum absolute atomic E-state index is 0.00834. The van der Waals surface area contributed by atoms with Crippen molar-refractivity contribution in [3.63, 3.8) is 0 Å². The number of H-pyrrole nitrogens is 1. The normalized spacial score (nSPS) is 10.7. The van der Waals surface area contributed by atoms with Gasteiger partial charge in [-0.2, -0.15) is 5.10 Å². The van der Waals surface area contributed by atoms with Gasteiger partial charge in [0.05, 0.1) is 19.1 Å². The highest BCUT2D eigenvalue weighted by molar-refractivity contribution is 6.05. The summed E-state index contributed by atoms with van der Waals surface area (Å²) in [6.07, 6.45) is 2.83. The zero-order valence-electron chi connectivity index (χ0n) is 16.4. The molecule has 9 heteroatoms. The van der Waals surface area contributed by atoms with Crippen LogP contribution < -0.4 is 25.9 Å². The first-order chi connectivity index (χ1) is 14.5. The van der Waals surface area contributed by atoms with Gasteiger partial charge in [0.2, 0.25) is 0 Å². The van der Waals surface area contributed by atoms with Gasteiger partial charge in [0, 0.05) is 11.5 Å². The fourth-order valence-corrected chi connectivity index (χ4v) is 2.74. The van der Waals surface area contributed by atoms with Crippen molar-refractivity contribution in [2.45, 2.75) is 6.92 Å². The van der Waals surface area contributed by atoms with Crippen molar-refractivity contribution in [3.05, 3.63) is 70.2 Å². The molecule has 0 aliphatic carbocycles. The summed E-state index contributed by atoms with van der Waals surface area (Å²) in [6, 6.07) is 11.8. The van der Waals surface area contributed by atoms with E-state index in [4.69, 9.17) is 9.47 Å². The number of carbonyl (C=O) groups excluding carboxylic acids is 2. The Kier molecular flexibility index (Phi) is 6.43. The van der Waals surface area contributed by atoms with Crippen molar-refractivity contribution in [1.29, 1.82) is 0 Å². The third-order valence-electron chi connectivity index (χ3n) is 4.13. The van der Waals surface area contributed by atoms with E-state index in [1.54, 1.807) is 55.7 Å². The van der Waals surface area contributed by atoms with Gasteiger partial charge >= 0.3 is 0 Å². The van der Waals surface area contributed by atoms with Crippen LogP contribution >= 0.6 is 0 Å². The van der Waals surface area contributed by atoms with Crippen LogP contribution in [0.15, 0.2) is 53.3 Å². The van der Waals surface area contributed by atoms with Crippen molar-refractivity contribution < 1.29 is 19.1 Å².